The first-order valence-electron chi connectivity index (χ1n) is 8.66. The largest absolute Gasteiger partial charge is 0.367 e. The molecule has 1 saturated carbocycles. The monoisotopic (exact) mass is 357 g/mol. The second-order valence-electron chi connectivity index (χ2n) is 7.71. The predicted octanol–water partition coefficient (Wildman–Crippen LogP) is 2.55. The first kappa shape index (κ1) is 16.4. The molecule has 1 saturated heterocycles. The molecule has 4 rings (SSSR count). The lowest BCUT2D eigenvalue weighted by Crippen LogP contribution is -2.44. The second kappa shape index (κ2) is 5.73. The number of nitrogens with one attached hydrogen (secondary N) is 2. The minimum Gasteiger partial charge on any atom is -0.367 e. The Kier molecular flexibility index (Phi) is 3.76. The summed E-state index contributed by atoms with van der Waals surface area (Å²) in [6.07, 6.45) is 3.50. The van der Waals surface area contributed by atoms with Gasteiger partial charge in [-0.05, 0) is 43.8 Å². The Labute approximate surface area is 151 Å². The molecule has 25 heavy (non-hydrogen) atoms. The summed E-state index contributed by atoms with van der Waals surface area (Å²) in [5, 5.41) is 5.29. The number of H-pyrrole nitrogens is 1. The molecule has 0 radical (unpaired) electrons. The van der Waals surface area contributed by atoms with Gasteiger partial charge in [-0.1, -0.05) is 0 Å². The van der Waals surface area contributed by atoms with E-state index < -0.39 is 5.41 Å². The Bertz CT molecular complexity index is 797. The number of carbonyl (C=O) groups excluding carboxylic acids is 2. The van der Waals surface area contributed by atoms with E-state index in [0.29, 0.717) is 17.4 Å². The van der Waals surface area contributed by atoms with Crippen molar-refractivity contribution in [2.75, 3.05) is 13.1 Å². The number of aromatic amines is 1. The number of piperidine rings is 1. The summed E-state index contributed by atoms with van der Waals surface area (Å²) in [4.78, 5) is 31.2. The van der Waals surface area contributed by atoms with Crippen molar-refractivity contribution in [2.45, 2.75) is 32.2 Å². The van der Waals surface area contributed by atoms with Crippen molar-refractivity contribution in [2.24, 2.45) is 11.8 Å². The fourth-order valence-electron chi connectivity index (χ4n) is 3.78. The lowest BCUT2D eigenvalue weighted by atomic mass is 9.85. The third-order valence-electron chi connectivity index (χ3n) is 5.64. The quantitative estimate of drug-likeness (QED) is 0.883. The minimum absolute atomic E-state index is 0.0765. The zero-order valence-electron chi connectivity index (χ0n) is 14.7. The molecule has 132 valence electrons. The molecule has 1 unspecified atom stereocenters. The van der Waals surface area contributed by atoms with E-state index in [2.05, 4.69) is 28.7 Å². The fraction of sp³-hybridized carbons (Fsp3) is 0.474. The summed E-state index contributed by atoms with van der Waals surface area (Å²) in [5.41, 5.74) is 1.25. The highest BCUT2D eigenvalue weighted by Gasteiger charge is 2.58. The van der Waals surface area contributed by atoms with Crippen LogP contribution in [0.25, 0.3) is 0 Å². The fourth-order valence-corrected chi connectivity index (χ4v) is 4.65. The van der Waals surface area contributed by atoms with Crippen LogP contribution < -0.4 is 5.32 Å². The van der Waals surface area contributed by atoms with Crippen LogP contribution in [0, 0.1) is 18.8 Å². The van der Waals surface area contributed by atoms with E-state index in [0.717, 1.165) is 18.7 Å². The van der Waals surface area contributed by atoms with Gasteiger partial charge in [0.15, 0.2) is 0 Å². The van der Waals surface area contributed by atoms with Crippen LogP contribution in [-0.4, -0.2) is 40.8 Å². The molecule has 5 nitrogen and oxygen atoms in total. The number of carbonyl (C=O) groups is 2. The number of hydrogen-bond donors (Lipinski definition) is 2. The van der Waals surface area contributed by atoms with Crippen molar-refractivity contribution < 1.29 is 9.59 Å². The number of fused-ring (bicyclic) bond motifs is 1. The molecule has 3 atom stereocenters. The number of likely N-dealkylation sites (tertiary alicyclic amines) is 1. The topological polar surface area (TPSA) is 65.2 Å². The maximum atomic E-state index is 12.8. The number of amides is 2. The van der Waals surface area contributed by atoms with Crippen LogP contribution >= 0.6 is 11.3 Å². The van der Waals surface area contributed by atoms with Crippen LogP contribution in [0.15, 0.2) is 29.9 Å². The van der Waals surface area contributed by atoms with E-state index in [1.54, 1.807) is 29.8 Å². The average Bonchev–Trinajstić information content (AvgIpc) is 3.13. The highest BCUT2D eigenvalue weighted by Crippen LogP contribution is 2.46. The van der Waals surface area contributed by atoms with Crippen LogP contribution in [0.2, 0.25) is 0 Å². The molecule has 2 fully saturated rings. The van der Waals surface area contributed by atoms with E-state index in [1.807, 2.05) is 18.7 Å². The molecule has 2 amide bonds. The van der Waals surface area contributed by atoms with Crippen molar-refractivity contribution >= 4 is 23.2 Å². The smallest absolute Gasteiger partial charge is 0.255 e. The maximum absolute atomic E-state index is 12.8. The summed E-state index contributed by atoms with van der Waals surface area (Å²) in [5.74, 6) is 0.944. The van der Waals surface area contributed by atoms with Gasteiger partial charge in [0.25, 0.3) is 5.91 Å². The van der Waals surface area contributed by atoms with E-state index in [9.17, 15) is 9.59 Å². The molecule has 0 spiro atoms. The Hall–Kier alpha value is -2.08. The lowest BCUT2D eigenvalue weighted by molar-refractivity contribution is -0.126. The summed E-state index contributed by atoms with van der Waals surface area (Å²) in [6, 6.07) is 4.10. The Morgan fingerprint density at radius 2 is 2.04 bits per heavy atom. The van der Waals surface area contributed by atoms with E-state index in [-0.39, 0.29) is 17.9 Å². The predicted molar refractivity (Wildman–Crippen MR) is 97.7 cm³/mol. The molecular formula is C19H23N3O2S. The minimum atomic E-state index is -0.526. The van der Waals surface area contributed by atoms with E-state index >= 15 is 0 Å². The Balaban J connectivity index is 1.35. The maximum Gasteiger partial charge on any atom is 0.255 e. The summed E-state index contributed by atoms with van der Waals surface area (Å²) in [6.45, 7) is 7.48. The molecule has 6 heteroatoms. The van der Waals surface area contributed by atoms with Gasteiger partial charge in [0, 0.05) is 48.2 Å². The third kappa shape index (κ3) is 2.78. The standard InChI is InChI=1S/C19H23N3O2S/c1-11-6-13(10-25-11)19(2,3)18(24)21-16-14-8-22(9-15(14)16)17(23)12-4-5-20-7-12/h4-7,10,14-16,20H,8-9H2,1-3H3,(H,21,24)/t14-,15+,16?. The highest BCUT2D eigenvalue weighted by molar-refractivity contribution is 7.10. The van der Waals surface area contributed by atoms with Crippen LogP contribution in [0.5, 0.6) is 0 Å². The lowest BCUT2D eigenvalue weighted by Gasteiger charge is -2.25. The Morgan fingerprint density at radius 1 is 1.32 bits per heavy atom. The van der Waals surface area contributed by atoms with Crippen LogP contribution in [0.4, 0.5) is 0 Å². The normalized spacial score (nSPS) is 24.9. The molecule has 2 N–H and O–H groups in total. The van der Waals surface area contributed by atoms with Gasteiger partial charge < -0.3 is 15.2 Å². The zero-order valence-corrected chi connectivity index (χ0v) is 15.5. The number of thiophene rings is 1. The molecule has 2 aromatic rings. The zero-order chi connectivity index (χ0) is 17.8. The SMILES string of the molecule is Cc1cc(C(C)(C)C(=O)NC2[C@H]3CN(C(=O)c4cc[nH]c4)C[C@@H]23)cs1. The van der Waals surface area contributed by atoms with Gasteiger partial charge in [-0.2, -0.15) is 0 Å². The van der Waals surface area contributed by atoms with Crippen molar-refractivity contribution in [1.29, 1.82) is 0 Å². The number of rotatable bonds is 4. The van der Waals surface area contributed by atoms with E-state index in [1.165, 1.54) is 4.88 Å². The van der Waals surface area contributed by atoms with Gasteiger partial charge >= 0.3 is 0 Å². The first-order valence-corrected chi connectivity index (χ1v) is 9.54. The van der Waals surface area contributed by atoms with Crippen molar-refractivity contribution in [3.05, 3.63) is 45.9 Å². The highest BCUT2D eigenvalue weighted by atomic mass is 32.1. The van der Waals surface area contributed by atoms with Gasteiger partial charge in [0.05, 0.1) is 11.0 Å². The van der Waals surface area contributed by atoms with Crippen molar-refractivity contribution in [1.82, 2.24) is 15.2 Å². The number of aromatic nitrogens is 1. The molecule has 0 aromatic carbocycles. The summed E-state index contributed by atoms with van der Waals surface area (Å²) < 4.78 is 0. The molecule has 2 aromatic heterocycles. The van der Waals surface area contributed by atoms with Gasteiger partial charge in [-0.15, -0.1) is 11.3 Å². The van der Waals surface area contributed by atoms with Gasteiger partial charge in [0.1, 0.15) is 0 Å². The number of aryl methyl sites for hydroxylation is 1. The van der Waals surface area contributed by atoms with Gasteiger partial charge in [-0.25, -0.2) is 0 Å². The number of nitrogens with zero attached hydrogens (tertiary/aromatic N) is 1. The molecule has 1 aliphatic carbocycles. The molecule has 1 aliphatic heterocycles. The van der Waals surface area contributed by atoms with Crippen molar-refractivity contribution in [3.8, 4) is 0 Å². The average molecular weight is 357 g/mol. The van der Waals surface area contributed by atoms with Gasteiger partial charge in [0.2, 0.25) is 5.91 Å². The van der Waals surface area contributed by atoms with Crippen LogP contribution in [0.1, 0.15) is 34.6 Å². The van der Waals surface area contributed by atoms with Crippen molar-refractivity contribution in [3.63, 3.8) is 0 Å². The number of hydrogen-bond acceptors (Lipinski definition) is 3. The molecular weight excluding hydrogens is 334 g/mol. The molecule has 3 heterocycles. The third-order valence-corrected chi connectivity index (χ3v) is 6.51. The molecule has 2 aliphatic rings. The summed E-state index contributed by atoms with van der Waals surface area (Å²) >= 11 is 1.68. The van der Waals surface area contributed by atoms with E-state index in [4.69, 9.17) is 0 Å². The van der Waals surface area contributed by atoms with Crippen LogP contribution in [-0.2, 0) is 10.2 Å². The molecule has 0 bridgehead atoms. The van der Waals surface area contributed by atoms with Gasteiger partial charge in [-0.3, -0.25) is 9.59 Å². The first-order chi connectivity index (χ1) is 11.9. The second-order valence-corrected chi connectivity index (χ2v) is 8.82. The Morgan fingerprint density at radius 3 is 2.60 bits per heavy atom. The summed E-state index contributed by atoms with van der Waals surface area (Å²) in [7, 11) is 0. The van der Waals surface area contributed by atoms with Crippen LogP contribution in [0.3, 0.4) is 0 Å².